The first-order valence-corrected chi connectivity index (χ1v) is 7.96. The molecule has 0 fully saturated rings. The van der Waals surface area contributed by atoms with E-state index in [1.807, 2.05) is 18.2 Å². The fourth-order valence-corrected chi connectivity index (χ4v) is 2.94. The first-order chi connectivity index (χ1) is 11.6. The van der Waals surface area contributed by atoms with Gasteiger partial charge in [0.2, 0.25) is 0 Å². The first-order valence-electron chi connectivity index (χ1n) is 7.58. The number of nitrogens with zero attached hydrogens (tertiary/aromatic N) is 1. The minimum Gasteiger partial charge on any atom is -0.453 e. The number of anilines is 1. The van der Waals surface area contributed by atoms with E-state index in [2.05, 4.69) is 5.32 Å². The van der Waals surface area contributed by atoms with Crippen LogP contribution < -0.4 is 5.32 Å². The summed E-state index contributed by atoms with van der Waals surface area (Å²) < 4.78 is 4.77. The summed E-state index contributed by atoms with van der Waals surface area (Å²) in [7, 11) is 1.37. The molecular weight excluding hydrogens is 328 g/mol. The minimum absolute atomic E-state index is 0.224. The number of hydrogen-bond donors (Lipinski definition) is 1. The summed E-state index contributed by atoms with van der Waals surface area (Å²) in [4.78, 5) is 25.6. The maximum absolute atomic E-state index is 12.3. The highest BCUT2D eigenvalue weighted by Gasteiger charge is 2.21. The zero-order valence-corrected chi connectivity index (χ0v) is 14.0. The van der Waals surface area contributed by atoms with Crippen LogP contribution in [0.15, 0.2) is 42.5 Å². The molecule has 0 radical (unpaired) electrons. The van der Waals surface area contributed by atoms with Gasteiger partial charge in [-0.15, -0.1) is 0 Å². The van der Waals surface area contributed by atoms with Gasteiger partial charge in [-0.25, -0.2) is 4.79 Å². The normalized spacial score (nSPS) is 13.2. The second kappa shape index (κ2) is 6.93. The number of benzene rings is 2. The van der Waals surface area contributed by atoms with Crippen LogP contribution in [0, 0.1) is 0 Å². The number of halogens is 1. The molecule has 24 heavy (non-hydrogen) atoms. The van der Waals surface area contributed by atoms with Gasteiger partial charge in [0, 0.05) is 29.4 Å². The Kier molecular flexibility index (Phi) is 4.71. The molecule has 0 aromatic heterocycles. The Morgan fingerprint density at radius 3 is 2.75 bits per heavy atom. The fourth-order valence-electron chi connectivity index (χ4n) is 2.75. The summed E-state index contributed by atoms with van der Waals surface area (Å²) >= 11 is 5.92. The van der Waals surface area contributed by atoms with Gasteiger partial charge in [0.1, 0.15) is 0 Å². The molecule has 0 spiro atoms. The molecule has 1 heterocycles. The van der Waals surface area contributed by atoms with E-state index in [1.54, 1.807) is 29.2 Å². The summed E-state index contributed by atoms with van der Waals surface area (Å²) in [6.07, 6.45) is 0.432. The lowest BCUT2D eigenvalue weighted by Gasteiger charge is -2.28. The van der Waals surface area contributed by atoms with E-state index < -0.39 is 0 Å². The third-order valence-electron chi connectivity index (χ3n) is 4.00. The van der Waals surface area contributed by atoms with E-state index in [0.717, 1.165) is 12.0 Å². The maximum Gasteiger partial charge on any atom is 0.409 e. The fraction of sp³-hybridized carbons (Fsp3) is 0.222. The van der Waals surface area contributed by atoms with Gasteiger partial charge in [0.05, 0.1) is 7.11 Å². The van der Waals surface area contributed by atoms with Gasteiger partial charge in [-0.05, 0) is 47.9 Å². The quantitative estimate of drug-likeness (QED) is 0.903. The van der Waals surface area contributed by atoms with E-state index in [4.69, 9.17) is 16.3 Å². The summed E-state index contributed by atoms with van der Waals surface area (Å²) in [5, 5.41) is 3.38. The SMILES string of the molecule is COC(=O)N1CCc2ccc(NC(=O)c3cccc(Cl)c3)cc2C1. The van der Waals surface area contributed by atoms with E-state index in [9.17, 15) is 9.59 Å². The molecule has 1 N–H and O–H groups in total. The number of hydrogen-bond acceptors (Lipinski definition) is 3. The van der Waals surface area contributed by atoms with Gasteiger partial charge < -0.3 is 15.0 Å². The van der Waals surface area contributed by atoms with E-state index in [0.29, 0.717) is 29.4 Å². The van der Waals surface area contributed by atoms with Crippen LogP contribution in [-0.2, 0) is 17.7 Å². The van der Waals surface area contributed by atoms with Crippen molar-refractivity contribution < 1.29 is 14.3 Å². The van der Waals surface area contributed by atoms with E-state index >= 15 is 0 Å². The van der Waals surface area contributed by atoms with Crippen molar-refractivity contribution in [3.05, 3.63) is 64.2 Å². The van der Waals surface area contributed by atoms with E-state index in [1.165, 1.54) is 12.7 Å². The van der Waals surface area contributed by atoms with Gasteiger partial charge in [0.25, 0.3) is 5.91 Å². The standard InChI is InChI=1S/C18H17ClN2O3/c1-24-18(23)21-8-7-12-5-6-16(10-14(12)11-21)20-17(22)13-3-2-4-15(19)9-13/h2-6,9-10H,7-8,11H2,1H3,(H,20,22). The van der Waals surface area contributed by atoms with Crippen LogP contribution >= 0.6 is 11.6 Å². The summed E-state index contributed by atoms with van der Waals surface area (Å²) in [6, 6.07) is 12.5. The highest BCUT2D eigenvalue weighted by Crippen LogP contribution is 2.23. The third-order valence-corrected chi connectivity index (χ3v) is 4.23. The number of methoxy groups -OCH3 is 1. The van der Waals surface area contributed by atoms with Crippen LogP contribution in [0.3, 0.4) is 0 Å². The van der Waals surface area contributed by atoms with Crippen molar-refractivity contribution in [1.82, 2.24) is 4.90 Å². The monoisotopic (exact) mass is 344 g/mol. The molecule has 124 valence electrons. The Morgan fingerprint density at radius 1 is 1.17 bits per heavy atom. The lowest BCUT2D eigenvalue weighted by Crippen LogP contribution is -2.35. The van der Waals surface area contributed by atoms with Gasteiger partial charge in [0.15, 0.2) is 0 Å². The third kappa shape index (κ3) is 3.51. The molecule has 3 rings (SSSR count). The Labute approximate surface area is 145 Å². The molecule has 0 atom stereocenters. The number of fused-ring (bicyclic) bond motifs is 1. The first kappa shape index (κ1) is 16.3. The lowest BCUT2D eigenvalue weighted by molar-refractivity contribution is 0.102. The molecule has 0 bridgehead atoms. The number of carbonyl (C=O) groups excluding carboxylic acids is 2. The molecule has 5 nitrogen and oxygen atoms in total. The van der Waals surface area contributed by atoms with E-state index in [-0.39, 0.29) is 12.0 Å². The molecule has 0 saturated carbocycles. The number of carbonyl (C=O) groups is 2. The Hall–Kier alpha value is -2.53. The van der Waals surface area contributed by atoms with Crippen molar-refractivity contribution in [1.29, 1.82) is 0 Å². The van der Waals surface area contributed by atoms with Crippen LogP contribution in [-0.4, -0.2) is 30.6 Å². The molecule has 1 aliphatic heterocycles. The van der Waals surface area contributed by atoms with Crippen LogP contribution in [0.25, 0.3) is 0 Å². The van der Waals surface area contributed by atoms with Crippen molar-refractivity contribution >= 4 is 29.3 Å². The number of nitrogens with one attached hydrogen (secondary N) is 1. The summed E-state index contributed by atoms with van der Waals surface area (Å²) in [5.74, 6) is -0.224. The Balaban J connectivity index is 1.76. The average Bonchev–Trinajstić information content (AvgIpc) is 2.60. The molecule has 0 unspecified atom stereocenters. The Bertz CT molecular complexity index is 792. The lowest BCUT2D eigenvalue weighted by atomic mass is 9.99. The molecule has 6 heteroatoms. The van der Waals surface area contributed by atoms with Crippen molar-refractivity contribution in [2.75, 3.05) is 19.0 Å². The van der Waals surface area contributed by atoms with Gasteiger partial charge in [-0.1, -0.05) is 23.7 Å². The molecule has 1 aliphatic rings. The molecule has 0 saturated heterocycles. The maximum atomic E-state index is 12.3. The minimum atomic E-state index is -0.339. The Morgan fingerprint density at radius 2 is 2.00 bits per heavy atom. The average molecular weight is 345 g/mol. The van der Waals surface area contributed by atoms with Crippen LogP contribution in [0.5, 0.6) is 0 Å². The molecular formula is C18H17ClN2O3. The van der Waals surface area contributed by atoms with Crippen LogP contribution in [0.1, 0.15) is 21.5 Å². The molecule has 2 aromatic rings. The predicted molar refractivity (Wildman–Crippen MR) is 92.4 cm³/mol. The number of amides is 2. The topological polar surface area (TPSA) is 58.6 Å². The zero-order chi connectivity index (χ0) is 17.1. The highest BCUT2D eigenvalue weighted by atomic mass is 35.5. The number of rotatable bonds is 2. The number of ether oxygens (including phenoxy) is 1. The largest absolute Gasteiger partial charge is 0.453 e. The summed E-state index contributed by atoms with van der Waals surface area (Å²) in [6.45, 7) is 1.11. The van der Waals surface area contributed by atoms with Gasteiger partial charge in [-0.2, -0.15) is 0 Å². The molecule has 2 aromatic carbocycles. The molecule has 0 aliphatic carbocycles. The van der Waals surface area contributed by atoms with Crippen LogP contribution in [0.4, 0.5) is 10.5 Å². The van der Waals surface area contributed by atoms with Gasteiger partial charge in [-0.3, -0.25) is 4.79 Å². The van der Waals surface area contributed by atoms with Crippen molar-refractivity contribution in [2.45, 2.75) is 13.0 Å². The second-order valence-corrected chi connectivity index (χ2v) is 6.03. The van der Waals surface area contributed by atoms with Crippen molar-refractivity contribution in [2.24, 2.45) is 0 Å². The van der Waals surface area contributed by atoms with Crippen molar-refractivity contribution in [3.63, 3.8) is 0 Å². The highest BCUT2D eigenvalue weighted by molar-refractivity contribution is 6.31. The van der Waals surface area contributed by atoms with Gasteiger partial charge >= 0.3 is 6.09 Å². The smallest absolute Gasteiger partial charge is 0.409 e. The zero-order valence-electron chi connectivity index (χ0n) is 13.2. The second-order valence-electron chi connectivity index (χ2n) is 5.59. The predicted octanol–water partition coefficient (Wildman–Crippen LogP) is 3.72. The van der Waals surface area contributed by atoms with Crippen molar-refractivity contribution in [3.8, 4) is 0 Å². The molecule has 2 amide bonds. The van der Waals surface area contributed by atoms with Crippen LogP contribution in [0.2, 0.25) is 5.02 Å². The summed E-state index contributed by atoms with van der Waals surface area (Å²) in [5.41, 5.74) is 3.37.